The number of allylic oxidation sites excluding steroid dienone is 18. The summed E-state index contributed by atoms with van der Waals surface area (Å²) in [5.74, 6) is -2.44. The smallest absolute Gasteiger partial charge is 0.472 e. The molecule has 0 fully saturated rings. The van der Waals surface area contributed by atoms with Gasteiger partial charge in [-0.3, -0.25) is 28.2 Å². The van der Waals surface area contributed by atoms with Crippen molar-refractivity contribution in [2.45, 2.75) is 135 Å². The Hall–Kier alpha value is -4.19. The summed E-state index contributed by atoms with van der Waals surface area (Å²) in [5, 5.41) is 8.88. The predicted molar refractivity (Wildman–Crippen MR) is 235 cm³/mol. The van der Waals surface area contributed by atoms with E-state index in [1.165, 1.54) is 0 Å². The van der Waals surface area contributed by atoms with E-state index >= 15 is 0 Å². The Balaban J connectivity index is 4.65. The second kappa shape index (κ2) is 39.3. The van der Waals surface area contributed by atoms with Crippen LogP contribution >= 0.6 is 7.82 Å². The maximum absolute atomic E-state index is 12.6. The van der Waals surface area contributed by atoms with Gasteiger partial charge in [0.2, 0.25) is 0 Å². The van der Waals surface area contributed by atoms with Crippen molar-refractivity contribution in [2.24, 2.45) is 5.73 Å². The zero-order valence-electron chi connectivity index (χ0n) is 35.3. The normalized spacial score (nSPS) is 14.7. The van der Waals surface area contributed by atoms with Crippen LogP contribution in [0.1, 0.15) is 123 Å². The topological polar surface area (TPSA) is 189 Å². The van der Waals surface area contributed by atoms with Gasteiger partial charge in [-0.05, 0) is 83.1 Å². The molecule has 4 N–H and O–H groups in total. The number of carboxylic acid groups (broad SMARTS) is 1. The van der Waals surface area contributed by atoms with E-state index in [4.69, 9.17) is 24.8 Å². The van der Waals surface area contributed by atoms with Crippen molar-refractivity contribution in [3.63, 3.8) is 0 Å². The van der Waals surface area contributed by atoms with E-state index in [1.54, 1.807) is 12.2 Å². The second-order valence-corrected chi connectivity index (χ2v) is 14.9. The number of phosphoric ester groups is 1. The fourth-order valence-corrected chi connectivity index (χ4v) is 5.47. The fraction of sp³-hybridized carbons (Fsp3) is 0.522. The van der Waals surface area contributed by atoms with Crippen LogP contribution in [0.3, 0.4) is 0 Å². The lowest BCUT2D eigenvalue weighted by molar-refractivity contribution is -0.161. The summed E-state index contributed by atoms with van der Waals surface area (Å²) in [6, 6.07) is -1.55. The predicted octanol–water partition coefficient (Wildman–Crippen LogP) is 10.2. The van der Waals surface area contributed by atoms with Gasteiger partial charge in [0.15, 0.2) is 11.9 Å². The molecule has 0 aliphatic heterocycles. The molecule has 0 aliphatic carbocycles. The number of carbonyl (C=O) groups excluding carboxylic acids is 3. The Labute approximate surface area is 353 Å². The number of nitrogens with two attached hydrogens (primary N) is 1. The van der Waals surface area contributed by atoms with Gasteiger partial charge in [0.05, 0.1) is 13.2 Å². The molecule has 0 aliphatic rings. The van der Waals surface area contributed by atoms with Crippen LogP contribution < -0.4 is 5.73 Å². The SMILES string of the molecule is CC/C=C\C/C=C\C/C=C\C/C=C\C/C=C\CCCC(=O)OC[C@H](COP(=O)(O)OC[C@H](N)C(=O)O)OC(=O)CCC/C=C\C/C=C\C/C=C\C=C\C(=O)CCCCC. The molecule has 0 aromatic carbocycles. The maximum atomic E-state index is 12.6. The van der Waals surface area contributed by atoms with Crippen molar-refractivity contribution < 1.29 is 52.3 Å². The number of aliphatic carboxylic acids is 1. The summed E-state index contributed by atoms with van der Waals surface area (Å²) in [7, 11) is -4.77. The number of carbonyl (C=O) groups is 4. The van der Waals surface area contributed by atoms with Gasteiger partial charge in [0.1, 0.15) is 12.6 Å². The average Bonchev–Trinajstić information content (AvgIpc) is 3.20. The first-order valence-corrected chi connectivity index (χ1v) is 22.4. The van der Waals surface area contributed by atoms with Crippen LogP contribution in [0, 0.1) is 0 Å². The molecule has 0 saturated heterocycles. The van der Waals surface area contributed by atoms with Crippen molar-refractivity contribution in [1.29, 1.82) is 0 Å². The van der Waals surface area contributed by atoms with Crippen molar-refractivity contribution >= 4 is 31.5 Å². The monoisotopic (exact) mass is 843 g/mol. The minimum Gasteiger partial charge on any atom is -0.480 e. The van der Waals surface area contributed by atoms with Crippen LogP contribution in [-0.2, 0) is 42.3 Å². The molecule has 59 heavy (non-hydrogen) atoms. The molecule has 0 rings (SSSR count). The van der Waals surface area contributed by atoms with Crippen LogP contribution in [0.5, 0.6) is 0 Å². The molecule has 12 nitrogen and oxygen atoms in total. The van der Waals surface area contributed by atoms with E-state index < -0.39 is 57.7 Å². The molecule has 0 aromatic rings. The molecule has 0 bridgehead atoms. The molecular formula is C46H70NO11P. The Bertz CT molecular complexity index is 1470. The molecule has 0 saturated carbocycles. The van der Waals surface area contributed by atoms with Gasteiger partial charge in [-0.15, -0.1) is 0 Å². The summed E-state index contributed by atoms with van der Waals surface area (Å²) < 4.78 is 32.5. The number of carboxylic acids is 1. The first kappa shape index (κ1) is 54.8. The van der Waals surface area contributed by atoms with Crippen molar-refractivity contribution in [1.82, 2.24) is 0 Å². The van der Waals surface area contributed by atoms with Crippen molar-refractivity contribution in [2.75, 3.05) is 19.8 Å². The highest BCUT2D eigenvalue weighted by molar-refractivity contribution is 7.47. The lowest BCUT2D eigenvalue weighted by Gasteiger charge is -2.20. The number of rotatable bonds is 37. The van der Waals surface area contributed by atoms with Gasteiger partial charge < -0.3 is 25.2 Å². The zero-order chi connectivity index (χ0) is 43.7. The minimum atomic E-state index is -4.77. The number of esters is 2. The molecule has 3 atom stereocenters. The lowest BCUT2D eigenvalue weighted by atomic mass is 10.1. The number of ketones is 1. The van der Waals surface area contributed by atoms with Gasteiger partial charge in [-0.1, -0.05) is 130 Å². The van der Waals surface area contributed by atoms with Crippen LogP contribution in [0.4, 0.5) is 0 Å². The van der Waals surface area contributed by atoms with Gasteiger partial charge in [-0.2, -0.15) is 0 Å². The molecule has 0 heterocycles. The fourth-order valence-electron chi connectivity index (χ4n) is 4.69. The standard InChI is InChI=1S/C46H70NO11P/c1-3-5-7-8-9-10-11-12-13-14-15-16-19-22-25-28-32-36-44(49)55-38-42(39-56-59(53,54)57-40-43(47)46(51)52)58-45(50)37-33-29-26-23-20-17-18-21-24-27-31-35-41(48)34-30-6-4-2/h5,7,9-10,12-13,15-18,22-27,31,35,42-43H,3-4,6,8,11,14,19-21,28-30,32-34,36-40,47H2,1-2H3,(H,51,52)(H,53,54)/b7-5-,10-9-,13-12-,16-15-,18-17-,25-22-,26-23-,27-24-,35-31+/t42-,43+/m1/s1. The number of unbranched alkanes of at least 4 members (excludes halogenated alkanes) is 4. The number of phosphoric acid groups is 1. The van der Waals surface area contributed by atoms with Crippen LogP contribution in [0.25, 0.3) is 0 Å². The Morgan fingerprint density at radius 3 is 1.61 bits per heavy atom. The van der Waals surface area contributed by atoms with Crippen LogP contribution in [-0.4, -0.2) is 65.7 Å². The highest BCUT2D eigenvalue weighted by Crippen LogP contribution is 2.43. The third kappa shape index (κ3) is 39.1. The molecule has 13 heteroatoms. The molecule has 330 valence electrons. The van der Waals surface area contributed by atoms with Crippen molar-refractivity contribution in [3.8, 4) is 0 Å². The largest absolute Gasteiger partial charge is 0.480 e. The van der Waals surface area contributed by atoms with E-state index in [0.717, 1.165) is 64.2 Å². The Morgan fingerprint density at radius 2 is 1.08 bits per heavy atom. The molecule has 1 unspecified atom stereocenters. The number of hydrogen-bond donors (Lipinski definition) is 3. The zero-order valence-corrected chi connectivity index (χ0v) is 36.2. The maximum Gasteiger partial charge on any atom is 0.472 e. The van der Waals surface area contributed by atoms with Gasteiger partial charge in [-0.25, -0.2) is 4.57 Å². The summed E-state index contributed by atoms with van der Waals surface area (Å²) in [6.45, 7) is 2.37. The molecule has 0 spiro atoms. The van der Waals surface area contributed by atoms with E-state index in [2.05, 4.69) is 67.0 Å². The van der Waals surface area contributed by atoms with E-state index in [1.807, 2.05) is 48.6 Å². The summed E-state index contributed by atoms with van der Waals surface area (Å²) >= 11 is 0. The summed E-state index contributed by atoms with van der Waals surface area (Å²) in [5.41, 5.74) is 5.31. The van der Waals surface area contributed by atoms with E-state index in [9.17, 15) is 28.6 Å². The van der Waals surface area contributed by atoms with Crippen LogP contribution in [0.2, 0.25) is 0 Å². The van der Waals surface area contributed by atoms with Gasteiger partial charge >= 0.3 is 25.7 Å². The average molecular weight is 844 g/mol. The second-order valence-electron chi connectivity index (χ2n) is 13.4. The first-order valence-electron chi connectivity index (χ1n) is 20.9. The quantitative estimate of drug-likeness (QED) is 0.0134. The Kier molecular flexibility index (Phi) is 36.5. The van der Waals surface area contributed by atoms with Crippen molar-refractivity contribution in [3.05, 3.63) is 109 Å². The molecule has 0 amide bonds. The Morgan fingerprint density at radius 1 is 0.593 bits per heavy atom. The highest BCUT2D eigenvalue weighted by atomic mass is 31.2. The van der Waals surface area contributed by atoms with Gasteiger partial charge in [0, 0.05) is 19.3 Å². The highest BCUT2D eigenvalue weighted by Gasteiger charge is 2.28. The van der Waals surface area contributed by atoms with E-state index in [-0.39, 0.29) is 18.6 Å². The molecular weight excluding hydrogens is 773 g/mol. The summed E-state index contributed by atoms with van der Waals surface area (Å²) in [6.07, 6.45) is 47.3. The number of hydrogen-bond acceptors (Lipinski definition) is 10. The first-order chi connectivity index (χ1) is 28.5. The van der Waals surface area contributed by atoms with E-state index in [0.29, 0.717) is 32.1 Å². The number of ether oxygens (including phenoxy) is 2. The third-order valence-corrected chi connectivity index (χ3v) is 8.93. The lowest BCUT2D eigenvalue weighted by Crippen LogP contribution is -2.34. The summed E-state index contributed by atoms with van der Waals surface area (Å²) in [4.78, 5) is 57.6. The minimum absolute atomic E-state index is 0.0397. The van der Waals surface area contributed by atoms with Crippen LogP contribution in [0.15, 0.2) is 109 Å². The van der Waals surface area contributed by atoms with Gasteiger partial charge in [0.25, 0.3) is 0 Å². The molecule has 0 aromatic heterocycles. The third-order valence-electron chi connectivity index (χ3n) is 7.98. The molecule has 0 radical (unpaired) electrons.